The Morgan fingerprint density at radius 2 is 2.25 bits per heavy atom. The molecule has 0 aromatic carbocycles. The van der Waals surface area contributed by atoms with Gasteiger partial charge < -0.3 is 16.0 Å². The molecule has 0 aliphatic carbocycles. The number of nitrogens with two attached hydrogens (primary N) is 1. The molecular formula is C12H25N3O. The predicted octanol–water partition coefficient (Wildman–Crippen LogP) is 0.428. The van der Waals surface area contributed by atoms with Crippen molar-refractivity contribution in [2.45, 2.75) is 32.7 Å². The first-order valence-corrected chi connectivity index (χ1v) is 6.22. The largest absolute Gasteiger partial charge is 0.354 e. The summed E-state index contributed by atoms with van der Waals surface area (Å²) in [5, 5.41) is 2.96. The van der Waals surface area contributed by atoms with Gasteiger partial charge in [-0.1, -0.05) is 13.8 Å². The molecular weight excluding hydrogens is 202 g/mol. The summed E-state index contributed by atoms with van der Waals surface area (Å²) in [6.45, 7) is 6.97. The smallest absolute Gasteiger partial charge is 0.237 e. The lowest BCUT2D eigenvalue weighted by Crippen LogP contribution is -2.47. The summed E-state index contributed by atoms with van der Waals surface area (Å²) in [7, 11) is 2.13. The molecule has 2 atom stereocenters. The molecule has 0 spiro atoms. The fourth-order valence-electron chi connectivity index (χ4n) is 2.11. The Balaban J connectivity index is 2.25. The Hall–Kier alpha value is -0.610. The average molecular weight is 227 g/mol. The van der Waals surface area contributed by atoms with Crippen molar-refractivity contribution >= 4 is 5.91 Å². The molecule has 0 bridgehead atoms. The Morgan fingerprint density at radius 3 is 2.81 bits per heavy atom. The van der Waals surface area contributed by atoms with Crippen LogP contribution in [0.4, 0.5) is 0 Å². The number of hydrogen-bond donors (Lipinski definition) is 2. The fraction of sp³-hybridized carbons (Fsp3) is 0.917. The molecule has 1 heterocycles. The number of hydrogen-bond acceptors (Lipinski definition) is 3. The molecule has 0 aromatic heterocycles. The maximum atomic E-state index is 11.7. The van der Waals surface area contributed by atoms with E-state index in [9.17, 15) is 4.79 Å². The van der Waals surface area contributed by atoms with Gasteiger partial charge in [0.05, 0.1) is 6.04 Å². The van der Waals surface area contributed by atoms with Crippen molar-refractivity contribution in [3.63, 3.8) is 0 Å². The molecule has 0 radical (unpaired) electrons. The minimum atomic E-state index is -0.374. The monoisotopic (exact) mass is 227 g/mol. The Bertz CT molecular complexity index is 230. The molecule has 0 aromatic rings. The zero-order valence-corrected chi connectivity index (χ0v) is 10.7. The van der Waals surface area contributed by atoms with Crippen molar-refractivity contribution in [3.05, 3.63) is 0 Å². The van der Waals surface area contributed by atoms with E-state index in [2.05, 4.69) is 17.3 Å². The summed E-state index contributed by atoms with van der Waals surface area (Å²) in [6.07, 6.45) is 2.44. The van der Waals surface area contributed by atoms with E-state index in [1.54, 1.807) is 0 Å². The second-order valence-corrected chi connectivity index (χ2v) is 5.29. The number of carbonyl (C=O) groups is 1. The molecule has 3 N–H and O–H groups in total. The van der Waals surface area contributed by atoms with E-state index in [0.29, 0.717) is 5.92 Å². The molecule has 0 saturated carbocycles. The summed E-state index contributed by atoms with van der Waals surface area (Å²) in [4.78, 5) is 14.0. The van der Waals surface area contributed by atoms with E-state index < -0.39 is 0 Å². The van der Waals surface area contributed by atoms with E-state index >= 15 is 0 Å². The Labute approximate surface area is 98.6 Å². The first kappa shape index (κ1) is 13.5. The number of piperidine rings is 1. The van der Waals surface area contributed by atoms with Gasteiger partial charge in [0.2, 0.25) is 5.91 Å². The summed E-state index contributed by atoms with van der Waals surface area (Å²) < 4.78 is 0. The van der Waals surface area contributed by atoms with Crippen molar-refractivity contribution in [1.29, 1.82) is 0 Å². The lowest BCUT2D eigenvalue weighted by molar-refractivity contribution is -0.123. The van der Waals surface area contributed by atoms with Crippen LogP contribution in [0.1, 0.15) is 26.7 Å². The van der Waals surface area contributed by atoms with E-state index in [4.69, 9.17) is 5.73 Å². The van der Waals surface area contributed by atoms with Crippen molar-refractivity contribution in [2.24, 2.45) is 17.6 Å². The van der Waals surface area contributed by atoms with Gasteiger partial charge in [0.25, 0.3) is 0 Å². The Morgan fingerprint density at radius 1 is 1.56 bits per heavy atom. The number of nitrogens with one attached hydrogen (secondary N) is 1. The van der Waals surface area contributed by atoms with E-state index in [1.165, 1.54) is 19.4 Å². The highest BCUT2D eigenvalue weighted by Gasteiger charge is 2.20. The molecule has 1 fully saturated rings. The number of likely N-dealkylation sites (tertiary alicyclic amines) is 1. The maximum absolute atomic E-state index is 11.7. The van der Waals surface area contributed by atoms with Gasteiger partial charge in [-0.2, -0.15) is 0 Å². The molecule has 0 unspecified atom stereocenters. The second-order valence-electron chi connectivity index (χ2n) is 5.29. The number of carbonyl (C=O) groups excluding carboxylic acids is 1. The molecule has 1 aliphatic heterocycles. The third kappa shape index (κ3) is 4.10. The lowest BCUT2D eigenvalue weighted by atomic mass is 9.98. The van der Waals surface area contributed by atoms with Crippen molar-refractivity contribution < 1.29 is 4.79 Å². The van der Waals surface area contributed by atoms with Crippen molar-refractivity contribution in [1.82, 2.24) is 10.2 Å². The topological polar surface area (TPSA) is 58.4 Å². The first-order chi connectivity index (χ1) is 7.50. The number of amides is 1. The zero-order chi connectivity index (χ0) is 12.1. The highest BCUT2D eigenvalue weighted by atomic mass is 16.2. The summed E-state index contributed by atoms with van der Waals surface area (Å²) in [6, 6.07) is -0.374. The molecule has 1 saturated heterocycles. The van der Waals surface area contributed by atoms with Gasteiger partial charge in [-0.05, 0) is 38.3 Å². The van der Waals surface area contributed by atoms with Gasteiger partial charge in [0.1, 0.15) is 0 Å². The third-order valence-electron chi connectivity index (χ3n) is 3.31. The van der Waals surface area contributed by atoms with Crippen LogP contribution in [0, 0.1) is 11.8 Å². The molecule has 94 valence electrons. The van der Waals surface area contributed by atoms with Gasteiger partial charge in [-0.3, -0.25) is 4.79 Å². The standard InChI is InChI=1S/C12H25N3O/c1-9(2)11(13)12(16)14-7-10-5-4-6-15(3)8-10/h9-11H,4-8,13H2,1-3H3,(H,14,16)/t10-,11+/m1/s1. The van der Waals surface area contributed by atoms with E-state index in [1.807, 2.05) is 13.8 Å². The molecule has 4 heteroatoms. The van der Waals surface area contributed by atoms with Gasteiger partial charge in [0.15, 0.2) is 0 Å². The SMILES string of the molecule is CC(C)[C@H](N)C(=O)NC[C@H]1CCCN(C)C1. The van der Waals surface area contributed by atoms with Crippen LogP contribution >= 0.6 is 0 Å². The molecule has 1 rings (SSSR count). The summed E-state index contributed by atoms with van der Waals surface area (Å²) in [5.74, 6) is 0.777. The van der Waals surface area contributed by atoms with Gasteiger partial charge in [-0.25, -0.2) is 0 Å². The van der Waals surface area contributed by atoms with E-state index in [0.717, 1.165) is 13.1 Å². The average Bonchev–Trinajstić information content (AvgIpc) is 2.24. The maximum Gasteiger partial charge on any atom is 0.237 e. The minimum absolute atomic E-state index is 0.0109. The van der Waals surface area contributed by atoms with E-state index in [-0.39, 0.29) is 17.9 Å². The molecule has 1 amide bonds. The van der Waals surface area contributed by atoms with Gasteiger partial charge in [0, 0.05) is 13.1 Å². The lowest BCUT2D eigenvalue weighted by Gasteiger charge is -2.30. The fourth-order valence-corrected chi connectivity index (χ4v) is 2.11. The van der Waals surface area contributed by atoms with Crippen LogP contribution in [-0.2, 0) is 4.79 Å². The Kier molecular flexibility index (Phi) is 5.22. The van der Waals surface area contributed by atoms with Gasteiger partial charge in [-0.15, -0.1) is 0 Å². The van der Waals surface area contributed by atoms with Gasteiger partial charge >= 0.3 is 0 Å². The highest BCUT2D eigenvalue weighted by molar-refractivity contribution is 5.81. The minimum Gasteiger partial charge on any atom is -0.354 e. The number of rotatable bonds is 4. The van der Waals surface area contributed by atoms with Crippen LogP contribution in [0.2, 0.25) is 0 Å². The first-order valence-electron chi connectivity index (χ1n) is 6.22. The molecule has 1 aliphatic rings. The highest BCUT2D eigenvalue weighted by Crippen LogP contribution is 2.13. The van der Waals surface area contributed by atoms with Crippen LogP contribution in [0.5, 0.6) is 0 Å². The summed E-state index contributed by atoms with van der Waals surface area (Å²) >= 11 is 0. The van der Waals surface area contributed by atoms with Crippen LogP contribution < -0.4 is 11.1 Å². The summed E-state index contributed by atoms with van der Waals surface area (Å²) in [5.41, 5.74) is 5.78. The number of nitrogens with zero attached hydrogens (tertiary/aromatic N) is 1. The zero-order valence-electron chi connectivity index (χ0n) is 10.7. The van der Waals surface area contributed by atoms with Crippen LogP contribution in [0.25, 0.3) is 0 Å². The molecule has 4 nitrogen and oxygen atoms in total. The van der Waals surface area contributed by atoms with Crippen molar-refractivity contribution in [2.75, 3.05) is 26.7 Å². The third-order valence-corrected chi connectivity index (χ3v) is 3.31. The molecule has 16 heavy (non-hydrogen) atoms. The normalized spacial score (nSPS) is 24.4. The second kappa shape index (κ2) is 6.21. The predicted molar refractivity (Wildman–Crippen MR) is 66.0 cm³/mol. The van der Waals surface area contributed by atoms with Crippen molar-refractivity contribution in [3.8, 4) is 0 Å². The van der Waals surface area contributed by atoms with Crippen LogP contribution in [0.15, 0.2) is 0 Å². The van der Waals surface area contributed by atoms with Crippen LogP contribution in [-0.4, -0.2) is 43.5 Å². The van der Waals surface area contributed by atoms with Crippen LogP contribution in [0.3, 0.4) is 0 Å². The quantitative estimate of drug-likeness (QED) is 0.732.